The number of amides is 1. The third kappa shape index (κ3) is 3.23. The first kappa shape index (κ1) is 13.8. The van der Waals surface area contributed by atoms with Crippen molar-refractivity contribution in [2.24, 2.45) is 11.7 Å². The van der Waals surface area contributed by atoms with Crippen LogP contribution in [0.15, 0.2) is 0 Å². The molecule has 0 bridgehead atoms. The summed E-state index contributed by atoms with van der Waals surface area (Å²) in [5.41, 5.74) is 5.98. The van der Waals surface area contributed by atoms with E-state index < -0.39 is 0 Å². The predicted molar refractivity (Wildman–Crippen MR) is 71.0 cm³/mol. The van der Waals surface area contributed by atoms with Gasteiger partial charge in [0.2, 0.25) is 5.91 Å². The van der Waals surface area contributed by atoms with Crippen LogP contribution in [0.4, 0.5) is 0 Å². The van der Waals surface area contributed by atoms with E-state index in [-0.39, 0.29) is 24.6 Å². The summed E-state index contributed by atoms with van der Waals surface area (Å²) < 4.78 is 0. The van der Waals surface area contributed by atoms with Crippen molar-refractivity contribution < 1.29 is 9.90 Å². The van der Waals surface area contributed by atoms with E-state index in [0.717, 1.165) is 51.5 Å². The van der Waals surface area contributed by atoms with Gasteiger partial charge in [-0.15, -0.1) is 0 Å². The number of hydrogen-bond acceptors (Lipinski definition) is 3. The zero-order valence-corrected chi connectivity index (χ0v) is 11.2. The van der Waals surface area contributed by atoms with E-state index in [0.29, 0.717) is 5.91 Å². The first-order valence-electron chi connectivity index (χ1n) is 7.39. The van der Waals surface area contributed by atoms with Crippen LogP contribution in [-0.2, 0) is 4.79 Å². The molecule has 1 heterocycles. The van der Waals surface area contributed by atoms with Crippen molar-refractivity contribution in [3.8, 4) is 0 Å². The number of aliphatic hydroxyl groups excluding tert-OH is 1. The van der Waals surface area contributed by atoms with Crippen LogP contribution in [0.3, 0.4) is 0 Å². The lowest BCUT2D eigenvalue weighted by atomic mass is 9.84. The molecule has 1 saturated heterocycles. The quantitative estimate of drug-likeness (QED) is 0.797. The first-order chi connectivity index (χ1) is 8.72. The Morgan fingerprint density at radius 3 is 2.78 bits per heavy atom. The van der Waals surface area contributed by atoms with Crippen LogP contribution in [0.2, 0.25) is 0 Å². The van der Waals surface area contributed by atoms with Crippen molar-refractivity contribution >= 4 is 5.91 Å². The average Bonchev–Trinajstić information content (AvgIpc) is 2.39. The fourth-order valence-electron chi connectivity index (χ4n) is 3.43. The highest BCUT2D eigenvalue weighted by molar-refractivity contribution is 5.79. The summed E-state index contributed by atoms with van der Waals surface area (Å²) in [5.74, 6) is 0.427. The number of rotatable bonds is 3. The third-order valence-electron chi connectivity index (χ3n) is 4.44. The van der Waals surface area contributed by atoms with Gasteiger partial charge in [-0.2, -0.15) is 0 Å². The lowest BCUT2D eigenvalue weighted by Gasteiger charge is -2.39. The standard InChI is InChI=1S/C14H26N2O2/c15-12-5-3-4-11(10-12)14(18)16-8-2-1-6-13(16)7-9-17/h11-13,17H,1-10,15H2. The molecule has 2 fully saturated rings. The Bertz CT molecular complexity index is 281. The lowest BCUT2D eigenvalue weighted by Crippen LogP contribution is -2.48. The van der Waals surface area contributed by atoms with Crippen molar-refractivity contribution in [1.82, 2.24) is 4.90 Å². The Balaban J connectivity index is 1.96. The van der Waals surface area contributed by atoms with Gasteiger partial charge in [0.25, 0.3) is 0 Å². The first-order valence-corrected chi connectivity index (χ1v) is 7.39. The Hall–Kier alpha value is -0.610. The number of nitrogens with two attached hydrogens (primary N) is 1. The zero-order chi connectivity index (χ0) is 13.0. The molecule has 0 spiro atoms. The molecule has 2 aliphatic rings. The molecule has 3 N–H and O–H groups in total. The van der Waals surface area contributed by atoms with Gasteiger partial charge >= 0.3 is 0 Å². The van der Waals surface area contributed by atoms with Crippen molar-refractivity contribution in [2.45, 2.75) is 63.5 Å². The van der Waals surface area contributed by atoms with Crippen LogP contribution in [0, 0.1) is 5.92 Å². The second-order valence-corrected chi connectivity index (χ2v) is 5.82. The molecular weight excluding hydrogens is 228 g/mol. The molecule has 1 aliphatic heterocycles. The molecule has 0 aromatic heterocycles. The van der Waals surface area contributed by atoms with Crippen LogP contribution < -0.4 is 5.73 Å². The fraction of sp³-hybridized carbons (Fsp3) is 0.929. The molecule has 3 unspecified atom stereocenters. The monoisotopic (exact) mass is 254 g/mol. The van der Waals surface area contributed by atoms with Gasteiger partial charge in [0, 0.05) is 31.2 Å². The third-order valence-corrected chi connectivity index (χ3v) is 4.44. The van der Waals surface area contributed by atoms with Crippen LogP contribution in [0.5, 0.6) is 0 Å². The number of likely N-dealkylation sites (tertiary alicyclic amines) is 1. The molecule has 1 saturated carbocycles. The van der Waals surface area contributed by atoms with Gasteiger partial charge < -0.3 is 15.7 Å². The molecule has 4 nitrogen and oxygen atoms in total. The average molecular weight is 254 g/mol. The largest absolute Gasteiger partial charge is 0.396 e. The van der Waals surface area contributed by atoms with Gasteiger partial charge in [-0.25, -0.2) is 0 Å². The van der Waals surface area contributed by atoms with E-state index >= 15 is 0 Å². The number of nitrogens with zero attached hydrogens (tertiary/aromatic N) is 1. The lowest BCUT2D eigenvalue weighted by molar-refractivity contribution is -0.140. The van der Waals surface area contributed by atoms with Gasteiger partial charge in [0.1, 0.15) is 0 Å². The Morgan fingerprint density at radius 2 is 2.06 bits per heavy atom. The van der Waals surface area contributed by atoms with Gasteiger partial charge in [-0.1, -0.05) is 6.42 Å². The molecule has 1 aliphatic carbocycles. The molecule has 1 amide bonds. The molecule has 0 aromatic rings. The van der Waals surface area contributed by atoms with Crippen molar-refractivity contribution in [3.05, 3.63) is 0 Å². The van der Waals surface area contributed by atoms with E-state index in [2.05, 4.69) is 0 Å². The highest BCUT2D eigenvalue weighted by Crippen LogP contribution is 2.28. The second-order valence-electron chi connectivity index (χ2n) is 5.82. The minimum absolute atomic E-state index is 0.132. The molecule has 0 radical (unpaired) electrons. The smallest absolute Gasteiger partial charge is 0.225 e. The summed E-state index contributed by atoms with van der Waals surface area (Å²) in [5, 5.41) is 9.11. The maximum Gasteiger partial charge on any atom is 0.225 e. The summed E-state index contributed by atoms with van der Waals surface area (Å²) in [6.45, 7) is 1.05. The number of hydrogen-bond donors (Lipinski definition) is 2. The van der Waals surface area contributed by atoms with Crippen LogP contribution in [0.25, 0.3) is 0 Å². The van der Waals surface area contributed by atoms with Gasteiger partial charge in [0.05, 0.1) is 0 Å². The molecule has 104 valence electrons. The van der Waals surface area contributed by atoms with E-state index in [1.807, 2.05) is 4.90 Å². The fourth-order valence-corrected chi connectivity index (χ4v) is 3.43. The van der Waals surface area contributed by atoms with E-state index in [9.17, 15) is 4.79 Å². The minimum atomic E-state index is 0.132. The second kappa shape index (κ2) is 6.53. The van der Waals surface area contributed by atoms with Crippen molar-refractivity contribution in [2.75, 3.05) is 13.2 Å². The normalized spacial score (nSPS) is 33.4. The van der Waals surface area contributed by atoms with Crippen LogP contribution in [0.1, 0.15) is 51.4 Å². The van der Waals surface area contributed by atoms with Crippen molar-refractivity contribution in [3.63, 3.8) is 0 Å². The highest BCUT2D eigenvalue weighted by atomic mass is 16.3. The number of piperidine rings is 1. The Kier molecular flexibility index (Phi) is 5.01. The molecule has 0 aromatic carbocycles. The van der Waals surface area contributed by atoms with E-state index in [1.54, 1.807) is 0 Å². The van der Waals surface area contributed by atoms with Crippen molar-refractivity contribution in [1.29, 1.82) is 0 Å². The molecule has 3 atom stereocenters. The summed E-state index contributed by atoms with van der Waals surface area (Å²) >= 11 is 0. The maximum absolute atomic E-state index is 12.6. The Morgan fingerprint density at radius 1 is 1.22 bits per heavy atom. The Labute approximate surface area is 110 Å². The predicted octanol–water partition coefficient (Wildman–Crippen LogP) is 1.27. The molecule has 4 heteroatoms. The molecule has 2 rings (SSSR count). The van der Waals surface area contributed by atoms with Gasteiger partial charge in [0.15, 0.2) is 0 Å². The number of carbonyl (C=O) groups is 1. The van der Waals surface area contributed by atoms with Gasteiger partial charge in [-0.05, 0) is 44.9 Å². The number of carbonyl (C=O) groups excluding carboxylic acids is 1. The van der Waals surface area contributed by atoms with E-state index in [4.69, 9.17) is 10.8 Å². The minimum Gasteiger partial charge on any atom is -0.396 e. The van der Waals surface area contributed by atoms with E-state index in [1.165, 1.54) is 6.42 Å². The van der Waals surface area contributed by atoms with Gasteiger partial charge in [-0.3, -0.25) is 4.79 Å². The summed E-state index contributed by atoms with van der Waals surface area (Å²) in [6.07, 6.45) is 8.04. The number of aliphatic hydroxyl groups is 1. The topological polar surface area (TPSA) is 66.6 Å². The highest BCUT2D eigenvalue weighted by Gasteiger charge is 2.33. The SMILES string of the molecule is NC1CCCC(C(=O)N2CCCCC2CCO)C1. The van der Waals surface area contributed by atoms with Crippen LogP contribution in [-0.4, -0.2) is 41.1 Å². The maximum atomic E-state index is 12.6. The summed E-state index contributed by atoms with van der Waals surface area (Å²) in [4.78, 5) is 14.6. The zero-order valence-electron chi connectivity index (χ0n) is 11.2. The summed E-state index contributed by atoms with van der Waals surface area (Å²) in [6, 6.07) is 0.461. The molecule has 18 heavy (non-hydrogen) atoms. The molecular formula is C14H26N2O2. The van der Waals surface area contributed by atoms with Crippen LogP contribution >= 0.6 is 0 Å². The summed E-state index contributed by atoms with van der Waals surface area (Å²) in [7, 11) is 0.